The third kappa shape index (κ3) is 6.56. The summed E-state index contributed by atoms with van der Waals surface area (Å²) >= 11 is 0. The number of hydrogen-bond donors (Lipinski definition) is 0. The van der Waals surface area contributed by atoms with Crippen LogP contribution < -0.4 is 4.43 Å². The van der Waals surface area contributed by atoms with Crippen molar-refractivity contribution in [2.45, 2.75) is 82.8 Å². The quantitative estimate of drug-likeness (QED) is 0.362. The Labute approximate surface area is 174 Å². The highest BCUT2D eigenvalue weighted by Crippen LogP contribution is 2.38. The highest BCUT2D eigenvalue weighted by molar-refractivity contribution is 6.83. The molecular weight excluding hydrogens is 396 g/mol. The Morgan fingerprint density at radius 3 is 1.96 bits per heavy atom. The molecule has 0 aromatic heterocycles. The maximum Gasteiger partial charge on any atom is 0.253 e. The predicted octanol–water partition coefficient (Wildman–Crippen LogP) is 8.19. The largest absolute Gasteiger partial charge is 0.543 e. The monoisotopic (exact) mass is 433 g/mol. The second kappa shape index (κ2) is 8.84. The van der Waals surface area contributed by atoms with Gasteiger partial charge in [-0.05, 0) is 41.2 Å². The normalized spacial score (nSPS) is 13.4. The van der Waals surface area contributed by atoms with Crippen LogP contribution in [0.1, 0.15) is 13.8 Å². The lowest BCUT2D eigenvalue weighted by atomic mass is 10.1. The van der Waals surface area contributed by atoms with Crippen LogP contribution in [-0.4, -0.2) is 24.5 Å². The van der Waals surface area contributed by atoms with Crippen LogP contribution in [0.5, 0.6) is 5.75 Å². The topological polar surface area (TPSA) is 9.23 Å². The lowest BCUT2D eigenvalue weighted by Crippen LogP contribution is -2.47. The van der Waals surface area contributed by atoms with Gasteiger partial charge in [-0.3, -0.25) is 0 Å². The number of benzene rings is 2. The molecular formula is C23H38FOSi3. The van der Waals surface area contributed by atoms with Crippen LogP contribution in [0.25, 0.3) is 10.8 Å². The minimum absolute atomic E-state index is 0.283. The van der Waals surface area contributed by atoms with Crippen molar-refractivity contribution in [1.29, 1.82) is 0 Å². The van der Waals surface area contributed by atoms with Crippen molar-refractivity contribution in [3.05, 3.63) is 42.2 Å². The maximum atomic E-state index is 14.0. The minimum atomic E-state index is -1.97. The molecule has 0 bridgehead atoms. The van der Waals surface area contributed by atoms with Gasteiger partial charge >= 0.3 is 0 Å². The first-order valence-corrected chi connectivity index (χ1v) is 20.4. The molecule has 0 fully saturated rings. The third-order valence-corrected chi connectivity index (χ3v) is 15.1. The first-order valence-electron chi connectivity index (χ1n) is 10.6. The Morgan fingerprint density at radius 1 is 0.893 bits per heavy atom. The molecule has 0 spiro atoms. The van der Waals surface area contributed by atoms with Crippen LogP contribution in [0.4, 0.5) is 4.39 Å². The zero-order chi connectivity index (χ0) is 21.2. The van der Waals surface area contributed by atoms with Crippen molar-refractivity contribution in [2.75, 3.05) is 0 Å². The van der Waals surface area contributed by atoms with Gasteiger partial charge in [-0.2, -0.15) is 0 Å². The standard InChI is InChI=1S/C23H38FOSi3/c1-19(2)28(16-14-26(3,4)5,17-15-27(6,7)8)25-21-12-13-22-20(18-21)10-9-11-23(22)24/h9-10,12-13,18-19H,14-17H2,1-8H3. The van der Waals surface area contributed by atoms with Crippen LogP contribution in [0.15, 0.2) is 30.3 Å². The highest BCUT2D eigenvalue weighted by Gasteiger charge is 2.42. The van der Waals surface area contributed by atoms with Gasteiger partial charge in [0, 0.05) is 27.6 Å². The zero-order valence-electron chi connectivity index (χ0n) is 19.1. The molecule has 0 aliphatic heterocycles. The van der Waals surface area contributed by atoms with Gasteiger partial charge in [0.2, 0.25) is 0 Å². The molecule has 1 radical (unpaired) electrons. The molecule has 2 aromatic carbocycles. The second-order valence-electron chi connectivity index (χ2n) is 11.0. The van der Waals surface area contributed by atoms with Crippen molar-refractivity contribution in [1.82, 2.24) is 0 Å². The molecule has 28 heavy (non-hydrogen) atoms. The summed E-state index contributed by atoms with van der Waals surface area (Å²) in [5, 5.41) is 1.52. The highest BCUT2D eigenvalue weighted by atomic mass is 28.4. The molecule has 0 aliphatic rings. The summed E-state index contributed by atoms with van der Waals surface area (Å²) in [5.74, 6) is 0.638. The van der Waals surface area contributed by atoms with Crippen LogP contribution in [0.2, 0.25) is 69.0 Å². The molecule has 2 rings (SSSR count). The predicted molar refractivity (Wildman–Crippen MR) is 130 cm³/mol. The molecule has 0 N–H and O–H groups in total. The first-order chi connectivity index (χ1) is 12.8. The number of halogens is 1. The summed E-state index contributed by atoms with van der Waals surface area (Å²) in [7, 11) is -4.25. The van der Waals surface area contributed by atoms with E-state index in [-0.39, 0.29) is 5.82 Å². The fourth-order valence-corrected chi connectivity index (χ4v) is 15.4. The molecule has 1 nitrogen and oxygen atoms in total. The van der Waals surface area contributed by atoms with E-state index in [0.29, 0.717) is 10.9 Å². The van der Waals surface area contributed by atoms with Crippen molar-refractivity contribution in [3.63, 3.8) is 0 Å². The molecule has 0 saturated carbocycles. The van der Waals surface area contributed by atoms with Crippen molar-refractivity contribution in [3.8, 4) is 5.75 Å². The first kappa shape index (κ1) is 23.4. The van der Waals surface area contributed by atoms with E-state index in [1.807, 2.05) is 24.3 Å². The smallest absolute Gasteiger partial charge is 0.253 e. The van der Waals surface area contributed by atoms with E-state index >= 15 is 0 Å². The average Bonchev–Trinajstić information content (AvgIpc) is 2.56. The second-order valence-corrected chi connectivity index (χ2v) is 26.7. The molecule has 5 heteroatoms. The van der Waals surface area contributed by atoms with E-state index < -0.39 is 24.5 Å². The van der Waals surface area contributed by atoms with Gasteiger partial charge in [0.1, 0.15) is 11.6 Å². The van der Waals surface area contributed by atoms with Gasteiger partial charge in [0.05, 0.1) is 0 Å². The minimum Gasteiger partial charge on any atom is -0.543 e. The van der Waals surface area contributed by atoms with Crippen LogP contribution >= 0.6 is 0 Å². The van der Waals surface area contributed by atoms with E-state index in [2.05, 4.69) is 59.2 Å². The summed E-state index contributed by atoms with van der Waals surface area (Å²) in [4.78, 5) is 0. The molecule has 0 atom stereocenters. The van der Waals surface area contributed by atoms with Gasteiger partial charge in [0.15, 0.2) is 0 Å². The Kier molecular flexibility index (Phi) is 7.37. The SMILES string of the molecule is CC(C)[Si](CC[Si](C)(C)C)(CC[Si](C)(C)C)Oc1ccc2c(F)[c]ccc2c1. The van der Waals surface area contributed by atoms with Gasteiger partial charge in [0.25, 0.3) is 8.32 Å². The lowest BCUT2D eigenvalue weighted by Gasteiger charge is -2.38. The molecule has 2 aromatic rings. The summed E-state index contributed by atoms with van der Waals surface area (Å²) in [6, 6.07) is 17.2. The van der Waals surface area contributed by atoms with Crippen LogP contribution in [-0.2, 0) is 0 Å². The lowest BCUT2D eigenvalue weighted by molar-refractivity contribution is 0.515. The molecule has 0 saturated heterocycles. The average molecular weight is 434 g/mol. The Morgan fingerprint density at radius 2 is 1.46 bits per heavy atom. The fraction of sp³-hybridized carbons (Fsp3) is 0.565. The summed E-state index contributed by atoms with van der Waals surface area (Å²) in [5.41, 5.74) is 0.566. The van der Waals surface area contributed by atoms with Crippen LogP contribution in [0, 0.1) is 11.9 Å². The van der Waals surface area contributed by atoms with E-state index in [4.69, 9.17) is 4.43 Å². The molecule has 0 amide bonds. The third-order valence-electron chi connectivity index (χ3n) is 5.70. The summed E-state index contributed by atoms with van der Waals surface area (Å²) in [6.45, 7) is 19.5. The summed E-state index contributed by atoms with van der Waals surface area (Å²) in [6.07, 6.45) is 0. The molecule has 0 heterocycles. The summed E-state index contributed by atoms with van der Waals surface area (Å²) < 4.78 is 21.0. The van der Waals surface area contributed by atoms with Gasteiger partial charge in [-0.25, -0.2) is 4.39 Å². The fourth-order valence-electron chi connectivity index (χ4n) is 3.55. The number of rotatable bonds is 9. The Balaban J connectivity index is 2.38. The van der Waals surface area contributed by atoms with Crippen molar-refractivity contribution in [2.24, 2.45) is 0 Å². The molecule has 0 unspecified atom stereocenters. The zero-order valence-corrected chi connectivity index (χ0v) is 22.1. The Bertz CT molecular complexity index is 773. The van der Waals surface area contributed by atoms with Crippen molar-refractivity contribution < 1.29 is 8.82 Å². The number of fused-ring (bicyclic) bond motifs is 1. The van der Waals surface area contributed by atoms with Crippen molar-refractivity contribution >= 4 is 35.2 Å². The molecule has 155 valence electrons. The Hall–Kier alpha value is -0.919. The van der Waals surface area contributed by atoms with E-state index in [0.717, 1.165) is 11.1 Å². The van der Waals surface area contributed by atoms with E-state index in [9.17, 15) is 4.39 Å². The number of hydrogen-bond acceptors (Lipinski definition) is 1. The van der Waals surface area contributed by atoms with Gasteiger partial charge in [-0.1, -0.05) is 77.4 Å². The molecule has 0 aliphatic carbocycles. The van der Waals surface area contributed by atoms with Gasteiger partial charge in [-0.15, -0.1) is 0 Å². The van der Waals surface area contributed by atoms with E-state index in [1.165, 1.54) is 24.2 Å². The van der Waals surface area contributed by atoms with Crippen LogP contribution in [0.3, 0.4) is 0 Å². The van der Waals surface area contributed by atoms with Gasteiger partial charge < -0.3 is 4.43 Å². The van der Waals surface area contributed by atoms with E-state index in [1.54, 1.807) is 6.07 Å². The maximum absolute atomic E-state index is 14.0.